The minimum atomic E-state index is -3.62. The van der Waals surface area contributed by atoms with Crippen LogP contribution in [0.1, 0.15) is 67.1 Å². The number of hydrogen-bond donors (Lipinski definition) is 0. The number of imidazole rings is 1. The van der Waals surface area contributed by atoms with Crippen molar-refractivity contribution in [3.05, 3.63) is 24.0 Å². The first kappa shape index (κ1) is 28.4. The van der Waals surface area contributed by atoms with Gasteiger partial charge in [0.15, 0.2) is 9.84 Å². The number of ether oxygens (including phenoxy) is 1. The fraction of sp³-hybridized carbons (Fsp3) is 0.679. The van der Waals surface area contributed by atoms with Gasteiger partial charge in [-0.1, -0.05) is 20.8 Å². The summed E-state index contributed by atoms with van der Waals surface area (Å²) in [6.45, 7) is 16.1. The van der Waals surface area contributed by atoms with Crippen molar-refractivity contribution in [2.24, 2.45) is 11.3 Å². The minimum absolute atomic E-state index is 0.0169. The zero-order chi connectivity index (χ0) is 28.0. The van der Waals surface area contributed by atoms with Crippen LogP contribution in [-0.2, 0) is 32.3 Å². The molecule has 2 saturated heterocycles. The van der Waals surface area contributed by atoms with Crippen LogP contribution in [0.15, 0.2) is 23.1 Å². The molecule has 0 saturated carbocycles. The third-order valence-electron chi connectivity index (χ3n) is 7.25. The van der Waals surface area contributed by atoms with Gasteiger partial charge in [-0.2, -0.15) is 0 Å². The monoisotopic (exact) mass is 546 g/mol. The maximum Gasteiger partial charge on any atom is 0.410 e. The molecular formula is C28H42N4O5S. The maximum absolute atomic E-state index is 13.4. The molecule has 0 atom stereocenters. The number of amides is 2. The number of rotatable bonds is 5. The Morgan fingerprint density at radius 2 is 1.66 bits per heavy atom. The zero-order valence-electron chi connectivity index (χ0n) is 23.8. The van der Waals surface area contributed by atoms with Gasteiger partial charge in [0, 0.05) is 46.1 Å². The topological polar surface area (TPSA) is 102 Å². The molecule has 0 aliphatic carbocycles. The maximum atomic E-state index is 13.4. The van der Waals surface area contributed by atoms with E-state index < -0.39 is 26.8 Å². The van der Waals surface area contributed by atoms with Gasteiger partial charge in [0.2, 0.25) is 5.91 Å². The first-order valence-electron chi connectivity index (χ1n) is 13.5. The lowest BCUT2D eigenvalue weighted by molar-refractivity contribution is -0.130. The summed E-state index contributed by atoms with van der Waals surface area (Å²) in [7, 11) is -3.62. The van der Waals surface area contributed by atoms with E-state index in [2.05, 4.69) is 25.3 Å². The van der Waals surface area contributed by atoms with Crippen LogP contribution in [0.3, 0.4) is 0 Å². The van der Waals surface area contributed by atoms with Crippen LogP contribution in [0.5, 0.6) is 0 Å². The summed E-state index contributed by atoms with van der Waals surface area (Å²) in [6.07, 6.45) is 2.16. The Labute approximate surface area is 226 Å². The molecular weight excluding hydrogens is 504 g/mol. The molecule has 2 aromatic rings. The largest absolute Gasteiger partial charge is 0.444 e. The molecule has 2 fully saturated rings. The summed E-state index contributed by atoms with van der Waals surface area (Å²) in [5.41, 5.74) is 0.999. The van der Waals surface area contributed by atoms with E-state index in [1.54, 1.807) is 39.8 Å². The Hall–Kier alpha value is -2.62. The molecule has 2 aliphatic rings. The number of sulfone groups is 1. The Balaban J connectivity index is 1.55. The number of fused-ring (bicyclic) bond motifs is 1. The summed E-state index contributed by atoms with van der Waals surface area (Å²) in [4.78, 5) is 32.5. The Kier molecular flexibility index (Phi) is 7.60. The highest BCUT2D eigenvalue weighted by molar-refractivity contribution is 7.92. The average molecular weight is 547 g/mol. The van der Waals surface area contributed by atoms with Crippen LogP contribution in [0.25, 0.3) is 11.0 Å². The molecule has 0 N–H and O–H groups in total. The third kappa shape index (κ3) is 6.33. The molecule has 0 bridgehead atoms. The molecule has 210 valence electrons. The number of benzene rings is 1. The molecule has 2 aliphatic heterocycles. The van der Waals surface area contributed by atoms with Gasteiger partial charge in [0.05, 0.1) is 15.9 Å². The van der Waals surface area contributed by atoms with Gasteiger partial charge in [0.1, 0.15) is 16.7 Å². The molecule has 0 radical (unpaired) electrons. The number of nitrogens with zero attached hydrogens (tertiary/aromatic N) is 4. The normalized spacial score (nSPS) is 18.1. The van der Waals surface area contributed by atoms with E-state index in [9.17, 15) is 18.0 Å². The van der Waals surface area contributed by atoms with E-state index in [-0.39, 0.29) is 29.3 Å². The SMILES string of the molecule is CC(=O)N1CCC(Cn2c(CC(C)(C)C)nc3cc(S(=O)(=O)C4CN(C(=O)OC(C)(C)C)C4)ccc32)CC1. The second kappa shape index (κ2) is 10.2. The lowest BCUT2D eigenvalue weighted by Gasteiger charge is -2.39. The van der Waals surface area contributed by atoms with Crippen molar-refractivity contribution in [2.75, 3.05) is 26.2 Å². The Morgan fingerprint density at radius 1 is 1.03 bits per heavy atom. The molecule has 1 aromatic carbocycles. The number of likely N-dealkylation sites (tertiary alicyclic amines) is 2. The Bertz CT molecular complexity index is 1310. The highest BCUT2D eigenvalue weighted by atomic mass is 32.2. The fourth-order valence-electron chi connectivity index (χ4n) is 5.14. The van der Waals surface area contributed by atoms with Gasteiger partial charge in [0.25, 0.3) is 0 Å². The Morgan fingerprint density at radius 3 is 2.21 bits per heavy atom. The van der Waals surface area contributed by atoms with Crippen LogP contribution in [0.4, 0.5) is 4.79 Å². The number of carbonyl (C=O) groups is 2. The first-order chi connectivity index (χ1) is 17.5. The molecule has 0 unspecified atom stereocenters. The molecule has 4 rings (SSSR count). The number of hydrogen-bond acceptors (Lipinski definition) is 6. The van der Waals surface area contributed by atoms with Crippen molar-refractivity contribution in [1.29, 1.82) is 0 Å². The lowest BCUT2D eigenvalue weighted by atomic mass is 9.91. The minimum Gasteiger partial charge on any atom is -0.444 e. The molecule has 10 heteroatoms. The molecule has 3 heterocycles. The van der Waals surface area contributed by atoms with E-state index in [4.69, 9.17) is 9.72 Å². The van der Waals surface area contributed by atoms with Crippen molar-refractivity contribution in [3.63, 3.8) is 0 Å². The second-order valence-electron chi connectivity index (χ2n) is 13.0. The summed E-state index contributed by atoms with van der Waals surface area (Å²) >= 11 is 0. The van der Waals surface area contributed by atoms with Crippen LogP contribution in [0, 0.1) is 11.3 Å². The molecule has 38 heavy (non-hydrogen) atoms. The van der Waals surface area contributed by atoms with E-state index in [0.29, 0.717) is 11.4 Å². The molecule has 2 amide bonds. The molecule has 1 aromatic heterocycles. The fourth-order valence-corrected chi connectivity index (χ4v) is 6.81. The van der Waals surface area contributed by atoms with Crippen molar-refractivity contribution < 1.29 is 22.7 Å². The van der Waals surface area contributed by atoms with Gasteiger partial charge < -0.3 is 19.1 Å². The zero-order valence-corrected chi connectivity index (χ0v) is 24.6. The highest BCUT2D eigenvalue weighted by Crippen LogP contribution is 2.31. The summed E-state index contributed by atoms with van der Waals surface area (Å²) in [5, 5.41) is -0.657. The van der Waals surface area contributed by atoms with Gasteiger partial charge in [-0.05, 0) is 63.1 Å². The quantitative estimate of drug-likeness (QED) is 0.555. The average Bonchev–Trinajstić information content (AvgIpc) is 3.06. The van der Waals surface area contributed by atoms with Gasteiger partial charge in [-0.3, -0.25) is 4.79 Å². The van der Waals surface area contributed by atoms with E-state index >= 15 is 0 Å². The van der Waals surface area contributed by atoms with E-state index in [1.165, 1.54) is 4.90 Å². The number of piperidine rings is 1. The van der Waals surface area contributed by atoms with Crippen LogP contribution in [-0.4, -0.2) is 76.8 Å². The summed E-state index contributed by atoms with van der Waals surface area (Å²) < 4.78 is 34.4. The highest BCUT2D eigenvalue weighted by Gasteiger charge is 2.42. The van der Waals surface area contributed by atoms with Gasteiger partial charge in [-0.15, -0.1) is 0 Å². The number of aromatic nitrogens is 2. The third-order valence-corrected chi connectivity index (χ3v) is 9.34. The standard InChI is InChI=1S/C28H42N4O5S/c1-19(33)30-12-10-20(11-13-30)16-32-24-9-8-21(14-23(24)29-25(32)15-27(2,3)4)38(35,36)22-17-31(18-22)26(34)37-28(5,6)7/h8-9,14,20,22H,10-13,15-18H2,1-7H3. The van der Waals surface area contributed by atoms with Crippen LogP contribution >= 0.6 is 0 Å². The second-order valence-corrected chi connectivity index (χ2v) is 15.3. The van der Waals surface area contributed by atoms with Crippen molar-refractivity contribution >= 4 is 32.9 Å². The van der Waals surface area contributed by atoms with Crippen LogP contribution in [0.2, 0.25) is 0 Å². The van der Waals surface area contributed by atoms with Gasteiger partial charge in [-0.25, -0.2) is 18.2 Å². The van der Waals surface area contributed by atoms with Crippen LogP contribution < -0.4 is 0 Å². The van der Waals surface area contributed by atoms with Gasteiger partial charge >= 0.3 is 6.09 Å². The lowest BCUT2D eigenvalue weighted by Crippen LogP contribution is -2.57. The molecule has 0 spiro atoms. The van der Waals surface area contributed by atoms with Crippen molar-refractivity contribution in [2.45, 2.75) is 90.0 Å². The van der Waals surface area contributed by atoms with E-state index in [1.807, 2.05) is 11.0 Å². The van der Waals surface area contributed by atoms with Crippen molar-refractivity contribution in [1.82, 2.24) is 19.4 Å². The molecule has 9 nitrogen and oxygen atoms in total. The van der Waals surface area contributed by atoms with E-state index in [0.717, 1.165) is 50.2 Å². The first-order valence-corrected chi connectivity index (χ1v) is 15.0. The predicted octanol–water partition coefficient (Wildman–Crippen LogP) is 4.28. The summed E-state index contributed by atoms with van der Waals surface area (Å²) in [5.74, 6) is 1.51. The number of carbonyl (C=O) groups excluding carboxylic acids is 2. The smallest absolute Gasteiger partial charge is 0.410 e. The predicted molar refractivity (Wildman–Crippen MR) is 147 cm³/mol. The van der Waals surface area contributed by atoms with Crippen molar-refractivity contribution in [3.8, 4) is 0 Å². The summed E-state index contributed by atoms with van der Waals surface area (Å²) in [6, 6.07) is 5.23.